The zero-order valence-corrected chi connectivity index (χ0v) is 13.5. The van der Waals surface area contributed by atoms with E-state index in [0.29, 0.717) is 0 Å². The summed E-state index contributed by atoms with van der Waals surface area (Å²) in [6.45, 7) is 5.08. The van der Waals surface area contributed by atoms with Gasteiger partial charge < -0.3 is 10.0 Å². The number of aliphatic hydroxyl groups is 1. The average molecular weight is 368 g/mol. The van der Waals surface area contributed by atoms with Crippen LogP contribution in [0.3, 0.4) is 0 Å². The summed E-state index contributed by atoms with van der Waals surface area (Å²) in [6.07, 6.45) is -4.51. The van der Waals surface area contributed by atoms with Gasteiger partial charge in [-0.05, 0) is 54.9 Å². The summed E-state index contributed by atoms with van der Waals surface area (Å²) in [4.78, 5) is 13.7. The van der Waals surface area contributed by atoms with E-state index in [0.717, 1.165) is 12.1 Å². The fraction of sp³-hybridized carbons (Fsp3) is 0.500. The molecular formula is C14H17BrF3NO2. The molecule has 0 saturated heterocycles. The third kappa shape index (κ3) is 5.00. The molecule has 0 radical (unpaired) electrons. The first-order valence-electron chi connectivity index (χ1n) is 6.34. The van der Waals surface area contributed by atoms with Crippen molar-refractivity contribution in [2.24, 2.45) is 0 Å². The van der Waals surface area contributed by atoms with Gasteiger partial charge >= 0.3 is 6.18 Å². The van der Waals surface area contributed by atoms with Gasteiger partial charge in [0, 0.05) is 17.6 Å². The fourth-order valence-electron chi connectivity index (χ4n) is 1.83. The number of rotatable bonds is 4. The quantitative estimate of drug-likeness (QED) is 0.881. The molecule has 0 saturated carbocycles. The largest absolute Gasteiger partial charge is 0.416 e. The van der Waals surface area contributed by atoms with Gasteiger partial charge in [-0.15, -0.1) is 0 Å². The van der Waals surface area contributed by atoms with Crippen molar-refractivity contribution in [3.8, 4) is 0 Å². The summed E-state index contributed by atoms with van der Waals surface area (Å²) in [7, 11) is 0. The minimum Gasteiger partial charge on any atom is -0.389 e. The predicted molar refractivity (Wildman–Crippen MR) is 77.0 cm³/mol. The Morgan fingerprint density at radius 2 is 1.90 bits per heavy atom. The molecule has 118 valence electrons. The Kier molecular flexibility index (Phi) is 5.44. The molecule has 1 aromatic carbocycles. The lowest BCUT2D eigenvalue weighted by Crippen LogP contribution is -2.42. The molecule has 0 spiro atoms. The number of hydrogen-bond donors (Lipinski definition) is 1. The molecule has 0 aliphatic heterocycles. The maximum atomic E-state index is 12.7. The summed E-state index contributed by atoms with van der Waals surface area (Å²) in [5.41, 5.74) is -2.08. The molecule has 21 heavy (non-hydrogen) atoms. The van der Waals surface area contributed by atoms with Crippen LogP contribution >= 0.6 is 15.9 Å². The van der Waals surface area contributed by atoms with Crippen LogP contribution in [0.4, 0.5) is 13.2 Å². The van der Waals surface area contributed by atoms with Crippen molar-refractivity contribution in [1.82, 2.24) is 4.90 Å². The number of halogens is 4. The first-order valence-corrected chi connectivity index (χ1v) is 7.13. The molecule has 1 amide bonds. The van der Waals surface area contributed by atoms with Gasteiger partial charge in [0.2, 0.25) is 0 Å². The van der Waals surface area contributed by atoms with Gasteiger partial charge in [0.15, 0.2) is 0 Å². The normalized spacial score (nSPS) is 12.4. The van der Waals surface area contributed by atoms with Crippen LogP contribution in [0, 0.1) is 0 Å². The SMILES string of the molecule is CCN(CC(C)(C)O)C(=O)c1cc(C(F)(F)F)ccc1Br. The third-order valence-electron chi connectivity index (χ3n) is 2.77. The van der Waals surface area contributed by atoms with Gasteiger partial charge in [-0.1, -0.05) is 0 Å². The second-order valence-electron chi connectivity index (χ2n) is 5.32. The Labute approximate surface area is 129 Å². The van der Waals surface area contributed by atoms with Crippen LogP contribution < -0.4 is 0 Å². The molecule has 1 N–H and O–H groups in total. The lowest BCUT2D eigenvalue weighted by molar-refractivity contribution is -0.137. The van der Waals surface area contributed by atoms with Crippen molar-refractivity contribution >= 4 is 21.8 Å². The van der Waals surface area contributed by atoms with E-state index in [2.05, 4.69) is 15.9 Å². The van der Waals surface area contributed by atoms with E-state index >= 15 is 0 Å². The van der Waals surface area contributed by atoms with Gasteiger partial charge in [-0.2, -0.15) is 13.2 Å². The zero-order valence-electron chi connectivity index (χ0n) is 12.0. The van der Waals surface area contributed by atoms with E-state index in [-0.39, 0.29) is 23.1 Å². The number of alkyl halides is 3. The van der Waals surface area contributed by atoms with Crippen molar-refractivity contribution < 1.29 is 23.1 Å². The van der Waals surface area contributed by atoms with Crippen LogP contribution in [-0.2, 0) is 6.18 Å². The number of likely N-dealkylation sites (N-methyl/N-ethyl adjacent to an activating group) is 1. The first kappa shape index (κ1) is 18.0. The summed E-state index contributed by atoms with van der Waals surface area (Å²) in [5, 5.41) is 9.78. The molecule has 0 aliphatic rings. The monoisotopic (exact) mass is 367 g/mol. The fourth-order valence-corrected chi connectivity index (χ4v) is 2.25. The van der Waals surface area contributed by atoms with E-state index in [4.69, 9.17) is 0 Å². The molecule has 3 nitrogen and oxygen atoms in total. The topological polar surface area (TPSA) is 40.5 Å². The number of carbonyl (C=O) groups excluding carboxylic acids is 1. The Hall–Kier alpha value is -1.08. The minimum atomic E-state index is -4.51. The van der Waals surface area contributed by atoms with Gasteiger partial charge in [-0.3, -0.25) is 4.79 Å². The maximum absolute atomic E-state index is 12.7. The van der Waals surface area contributed by atoms with Crippen LogP contribution in [0.15, 0.2) is 22.7 Å². The van der Waals surface area contributed by atoms with E-state index in [1.54, 1.807) is 6.92 Å². The second kappa shape index (κ2) is 6.36. The van der Waals surface area contributed by atoms with Crippen LogP contribution in [-0.4, -0.2) is 34.6 Å². The van der Waals surface area contributed by atoms with Crippen LogP contribution in [0.25, 0.3) is 0 Å². The van der Waals surface area contributed by atoms with Crippen molar-refractivity contribution in [2.75, 3.05) is 13.1 Å². The maximum Gasteiger partial charge on any atom is 0.416 e. The highest BCUT2D eigenvalue weighted by Crippen LogP contribution is 2.32. The lowest BCUT2D eigenvalue weighted by atomic mass is 10.1. The Balaban J connectivity index is 3.16. The highest BCUT2D eigenvalue weighted by Gasteiger charge is 2.32. The lowest BCUT2D eigenvalue weighted by Gasteiger charge is -2.28. The first-order chi connectivity index (χ1) is 9.45. The Bertz CT molecular complexity index is 524. The smallest absolute Gasteiger partial charge is 0.389 e. The Morgan fingerprint density at radius 3 is 2.33 bits per heavy atom. The number of amides is 1. The molecule has 0 bridgehead atoms. The zero-order chi connectivity index (χ0) is 16.4. The number of nitrogens with zero attached hydrogens (tertiary/aromatic N) is 1. The van der Waals surface area contributed by atoms with E-state index < -0.39 is 23.2 Å². The number of benzene rings is 1. The van der Waals surface area contributed by atoms with Crippen molar-refractivity contribution in [2.45, 2.75) is 32.5 Å². The van der Waals surface area contributed by atoms with Gasteiger partial charge in [0.25, 0.3) is 5.91 Å². The van der Waals surface area contributed by atoms with Crippen LogP contribution in [0.1, 0.15) is 36.7 Å². The number of carbonyl (C=O) groups is 1. The molecule has 0 heterocycles. The highest BCUT2D eigenvalue weighted by atomic mass is 79.9. The minimum absolute atomic E-state index is 0.0328. The number of hydrogen-bond acceptors (Lipinski definition) is 2. The van der Waals surface area contributed by atoms with E-state index in [1.165, 1.54) is 24.8 Å². The van der Waals surface area contributed by atoms with Gasteiger partial charge in [0.1, 0.15) is 0 Å². The third-order valence-corrected chi connectivity index (χ3v) is 3.46. The molecule has 0 fully saturated rings. The van der Waals surface area contributed by atoms with Crippen molar-refractivity contribution in [1.29, 1.82) is 0 Å². The standard InChI is InChI=1S/C14H17BrF3NO2/c1-4-19(8-13(2,3)21)12(20)10-7-9(14(16,17)18)5-6-11(10)15/h5-7,21H,4,8H2,1-3H3. The molecule has 0 aromatic heterocycles. The highest BCUT2D eigenvalue weighted by molar-refractivity contribution is 9.10. The summed E-state index contributed by atoms with van der Waals surface area (Å²) < 4.78 is 38.5. The average Bonchev–Trinajstić information content (AvgIpc) is 2.33. The van der Waals surface area contributed by atoms with E-state index in [9.17, 15) is 23.1 Å². The van der Waals surface area contributed by atoms with Gasteiger partial charge in [-0.25, -0.2) is 0 Å². The molecule has 1 rings (SSSR count). The van der Waals surface area contributed by atoms with Crippen LogP contribution in [0.2, 0.25) is 0 Å². The molecule has 0 atom stereocenters. The molecule has 0 unspecified atom stereocenters. The van der Waals surface area contributed by atoms with E-state index in [1.807, 2.05) is 0 Å². The second-order valence-corrected chi connectivity index (χ2v) is 6.18. The summed E-state index contributed by atoms with van der Waals surface area (Å²) in [5.74, 6) is -0.558. The molecule has 1 aromatic rings. The Morgan fingerprint density at radius 1 is 1.33 bits per heavy atom. The van der Waals surface area contributed by atoms with Crippen molar-refractivity contribution in [3.63, 3.8) is 0 Å². The van der Waals surface area contributed by atoms with Crippen molar-refractivity contribution in [3.05, 3.63) is 33.8 Å². The summed E-state index contributed by atoms with van der Waals surface area (Å²) in [6, 6.07) is 2.93. The molecule has 0 aliphatic carbocycles. The summed E-state index contributed by atoms with van der Waals surface area (Å²) >= 11 is 3.10. The molecular weight excluding hydrogens is 351 g/mol. The predicted octanol–water partition coefficient (Wildman–Crippen LogP) is 3.70. The van der Waals surface area contributed by atoms with Gasteiger partial charge in [0.05, 0.1) is 16.7 Å². The molecule has 7 heteroatoms. The van der Waals surface area contributed by atoms with Crippen LogP contribution in [0.5, 0.6) is 0 Å².